The van der Waals surface area contributed by atoms with E-state index in [1.54, 1.807) is 7.11 Å². The van der Waals surface area contributed by atoms with Crippen molar-refractivity contribution in [1.29, 1.82) is 0 Å². The summed E-state index contributed by atoms with van der Waals surface area (Å²) in [4.78, 5) is 4.72. The maximum absolute atomic E-state index is 5.14. The lowest BCUT2D eigenvalue weighted by Gasteiger charge is -2.12. The Labute approximate surface area is 150 Å². The largest absolute Gasteiger partial charge is 0.383 e. The van der Waals surface area contributed by atoms with E-state index < -0.39 is 0 Å². The fourth-order valence-electron chi connectivity index (χ4n) is 2.68. The molecule has 7 heteroatoms. The second-order valence-electron chi connectivity index (χ2n) is 5.91. The molecule has 0 aliphatic carbocycles. The van der Waals surface area contributed by atoms with Gasteiger partial charge in [-0.2, -0.15) is 5.10 Å². The highest BCUT2D eigenvalue weighted by atomic mass is 16.5. The van der Waals surface area contributed by atoms with Crippen molar-refractivity contribution in [2.45, 2.75) is 40.4 Å². The Balaban J connectivity index is 1.96. The van der Waals surface area contributed by atoms with Gasteiger partial charge in [-0.3, -0.25) is 4.68 Å². The van der Waals surface area contributed by atoms with Gasteiger partial charge in [-0.25, -0.2) is 4.99 Å². The van der Waals surface area contributed by atoms with E-state index in [0.717, 1.165) is 43.5 Å². The van der Waals surface area contributed by atoms with Crippen LogP contribution in [-0.2, 0) is 24.4 Å². The minimum Gasteiger partial charge on any atom is -0.383 e. The number of ether oxygens (including phenoxy) is 1. The van der Waals surface area contributed by atoms with Gasteiger partial charge in [0.25, 0.3) is 0 Å². The molecule has 0 saturated heterocycles. The third-order valence-electron chi connectivity index (χ3n) is 4.11. The zero-order valence-electron chi connectivity index (χ0n) is 15.7. The first-order chi connectivity index (χ1) is 12.2. The number of methoxy groups -OCH3 is 1. The summed E-state index contributed by atoms with van der Waals surface area (Å²) < 4.78 is 9.28. The standard InChI is InChI=1S/C18H30N6O/c1-5-19-18(20-8-11-23-9-6-7-10-23)21-14-17-15(2)22-24(16(17)3)12-13-25-4/h6-7,9-10H,5,8,11-14H2,1-4H3,(H2,19,20,21). The fraction of sp³-hybridized carbons (Fsp3) is 0.556. The number of hydrogen-bond acceptors (Lipinski definition) is 3. The number of guanidine groups is 1. The summed E-state index contributed by atoms with van der Waals surface area (Å²) in [7, 11) is 1.71. The minimum absolute atomic E-state index is 0.615. The van der Waals surface area contributed by atoms with Crippen molar-refractivity contribution >= 4 is 5.96 Å². The number of aromatic nitrogens is 3. The van der Waals surface area contributed by atoms with Crippen LogP contribution in [-0.4, -0.2) is 47.1 Å². The van der Waals surface area contributed by atoms with Crippen molar-refractivity contribution in [2.75, 3.05) is 26.8 Å². The molecule has 0 unspecified atom stereocenters. The number of nitrogens with one attached hydrogen (secondary N) is 2. The summed E-state index contributed by atoms with van der Waals surface area (Å²) in [5, 5.41) is 11.3. The van der Waals surface area contributed by atoms with Crippen LogP contribution in [0.3, 0.4) is 0 Å². The highest BCUT2D eigenvalue weighted by Crippen LogP contribution is 2.14. The van der Waals surface area contributed by atoms with Crippen molar-refractivity contribution in [3.63, 3.8) is 0 Å². The van der Waals surface area contributed by atoms with E-state index in [9.17, 15) is 0 Å². The Morgan fingerprint density at radius 1 is 1.20 bits per heavy atom. The van der Waals surface area contributed by atoms with Gasteiger partial charge in [0.2, 0.25) is 0 Å². The molecule has 0 amide bonds. The summed E-state index contributed by atoms with van der Waals surface area (Å²) in [5.41, 5.74) is 3.36. The van der Waals surface area contributed by atoms with Crippen LogP contribution in [0.1, 0.15) is 23.9 Å². The van der Waals surface area contributed by atoms with E-state index in [-0.39, 0.29) is 0 Å². The number of nitrogens with zero attached hydrogens (tertiary/aromatic N) is 4. The smallest absolute Gasteiger partial charge is 0.191 e. The maximum Gasteiger partial charge on any atom is 0.191 e. The molecule has 2 heterocycles. The average Bonchev–Trinajstić information content (AvgIpc) is 3.20. The van der Waals surface area contributed by atoms with Crippen molar-refractivity contribution in [2.24, 2.45) is 4.99 Å². The molecule has 7 nitrogen and oxygen atoms in total. The molecule has 0 saturated carbocycles. The van der Waals surface area contributed by atoms with Crippen LogP contribution in [0.15, 0.2) is 29.5 Å². The van der Waals surface area contributed by atoms with Gasteiger partial charge in [-0.05, 0) is 32.9 Å². The molecule has 2 rings (SSSR count). The molecule has 0 aliphatic rings. The summed E-state index contributed by atoms with van der Waals surface area (Å²) >= 11 is 0. The zero-order chi connectivity index (χ0) is 18.1. The molecule has 138 valence electrons. The lowest BCUT2D eigenvalue weighted by Crippen LogP contribution is -2.38. The molecule has 0 spiro atoms. The first-order valence-corrected chi connectivity index (χ1v) is 8.80. The van der Waals surface area contributed by atoms with Gasteiger partial charge < -0.3 is 19.9 Å². The van der Waals surface area contributed by atoms with Gasteiger partial charge in [0, 0.05) is 50.4 Å². The highest BCUT2D eigenvalue weighted by Gasteiger charge is 2.11. The van der Waals surface area contributed by atoms with E-state index in [4.69, 9.17) is 9.73 Å². The Bertz CT molecular complexity index is 659. The molecule has 0 aromatic carbocycles. The number of aliphatic imine (C=N–C) groups is 1. The predicted octanol–water partition coefficient (Wildman–Crippen LogP) is 1.70. The molecular formula is C18H30N6O. The highest BCUT2D eigenvalue weighted by molar-refractivity contribution is 5.79. The Hall–Kier alpha value is -2.28. The predicted molar refractivity (Wildman–Crippen MR) is 101 cm³/mol. The van der Waals surface area contributed by atoms with Crippen LogP contribution in [0.25, 0.3) is 0 Å². The minimum atomic E-state index is 0.615. The SMILES string of the molecule is CCNC(=NCc1c(C)nn(CCOC)c1C)NCCn1cccc1. The summed E-state index contributed by atoms with van der Waals surface area (Å²) in [6.07, 6.45) is 4.12. The average molecular weight is 346 g/mol. The second-order valence-corrected chi connectivity index (χ2v) is 5.91. The molecule has 2 N–H and O–H groups in total. The van der Waals surface area contributed by atoms with Crippen LogP contribution < -0.4 is 10.6 Å². The van der Waals surface area contributed by atoms with Crippen LogP contribution in [0.5, 0.6) is 0 Å². The Morgan fingerprint density at radius 2 is 1.96 bits per heavy atom. The Morgan fingerprint density at radius 3 is 2.64 bits per heavy atom. The van der Waals surface area contributed by atoms with Crippen molar-refractivity contribution < 1.29 is 4.74 Å². The van der Waals surface area contributed by atoms with E-state index in [1.165, 1.54) is 5.56 Å². The van der Waals surface area contributed by atoms with E-state index in [2.05, 4.69) is 46.5 Å². The topological polar surface area (TPSA) is 68.4 Å². The summed E-state index contributed by atoms with van der Waals surface area (Å²) in [5.74, 6) is 0.832. The van der Waals surface area contributed by atoms with Gasteiger partial charge in [0.05, 0.1) is 25.4 Å². The first-order valence-electron chi connectivity index (χ1n) is 8.80. The Kier molecular flexibility index (Phi) is 7.53. The van der Waals surface area contributed by atoms with Crippen LogP contribution >= 0.6 is 0 Å². The number of hydrogen-bond donors (Lipinski definition) is 2. The number of rotatable bonds is 9. The van der Waals surface area contributed by atoms with Gasteiger partial charge in [0.15, 0.2) is 5.96 Å². The van der Waals surface area contributed by atoms with Crippen LogP contribution in [0.2, 0.25) is 0 Å². The molecule has 2 aromatic rings. The first kappa shape index (κ1) is 19.1. The monoisotopic (exact) mass is 346 g/mol. The third kappa shape index (κ3) is 5.63. The van der Waals surface area contributed by atoms with Crippen molar-refractivity contribution in [1.82, 2.24) is 25.0 Å². The summed E-state index contributed by atoms with van der Waals surface area (Å²) in [6.45, 7) is 10.8. The zero-order valence-corrected chi connectivity index (χ0v) is 15.7. The van der Waals surface area contributed by atoms with E-state index in [0.29, 0.717) is 13.2 Å². The van der Waals surface area contributed by atoms with Crippen molar-refractivity contribution in [3.05, 3.63) is 41.5 Å². The van der Waals surface area contributed by atoms with Gasteiger partial charge in [-0.1, -0.05) is 0 Å². The van der Waals surface area contributed by atoms with E-state index >= 15 is 0 Å². The molecule has 25 heavy (non-hydrogen) atoms. The van der Waals surface area contributed by atoms with Gasteiger partial charge >= 0.3 is 0 Å². The van der Waals surface area contributed by atoms with Gasteiger partial charge in [-0.15, -0.1) is 0 Å². The van der Waals surface area contributed by atoms with Crippen molar-refractivity contribution in [3.8, 4) is 0 Å². The normalized spacial score (nSPS) is 11.8. The molecular weight excluding hydrogens is 316 g/mol. The lowest BCUT2D eigenvalue weighted by atomic mass is 10.2. The summed E-state index contributed by atoms with van der Waals surface area (Å²) in [6, 6.07) is 4.07. The molecule has 0 fully saturated rings. The maximum atomic E-state index is 5.14. The quantitative estimate of drug-likeness (QED) is 0.536. The second kappa shape index (κ2) is 9.88. The molecule has 0 bridgehead atoms. The number of aryl methyl sites for hydroxylation is 1. The molecule has 0 aliphatic heterocycles. The fourth-order valence-corrected chi connectivity index (χ4v) is 2.68. The van der Waals surface area contributed by atoms with Crippen LogP contribution in [0.4, 0.5) is 0 Å². The van der Waals surface area contributed by atoms with Gasteiger partial charge in [0.1, 0.15) is 0 Å². The third-order valence-corrected chi connectivity index (χ3v) is 4.11. The van der Waals surface area contributed by atoms with Crippen LogP contribution in [0, 0.1) is 13.8 Å². The molecule has 0 atom stereocenters. The lowest BCUT2D eigenvalue weighted by molar-refractivity contribution is 0.182. The molecule has 0 radical (unpaired) electrons. The molecule has 2 aromatic heterocycles. The van der Waals surface area contributed by atoms with E-state index in [1.807, 2.05) is 23.7 Å².